The van der Waals surface area contributed by atoms with Crippen molar-refractivity contribution in [2.75, 3.05) is 25.6 Å². The van der Waals surface area contributed by atoms with Crippen LogP contribution < -0.4 is 19.5 Å². The molecular weight excluding hydrogens is 442 g/mol. The number of hydrogen-bond donors (Lipinski definition) is 1. The maximum absolute atomic E-state index is 12.2. The topological polar surface area (TPSA) is 95.7 Å². The summed E-state index contributed by atoms with van der Waals surface area (Å²) in [6, 6.07) is 11.6. The van der Waals surface area contributed by atoms with Crippen molar-refractivity contribution in [2.45, 2.75) is 39.5 Å². The van der Waals surface area contributed by atoms with E-state index >= 15 is 0 Å². The number of benzene rings is 2. The quantitative estimate of drug-likeness (QED) is 0.382. The minimum absolute atomic E-state index is 0.112. The van der Waals surface area contributed by atoms with Crippen LogP contribution in [0.3, 0.4) is 0 Å². The molecule has 2 aromatic carbocycles. The number of carbonyl (C=O) groups excluding carboxylic acids is 1. The maximum Gasteiger partial charge on any atom is 0.277 e. The lowest BCUT2D eigenvalue weighted by atomic mass is 10.1. The monoisotopic (exact) mass is 471 g/mol. The first kappa shape index (κ1) is 24.4. The summed E-state index contributed by atoms with van der Waals surface area (Å²) < 4.78 is 23.0. The second kappa shape index (κ2) is 12.2. The third kappa shape index (κ3) is 6.89. The minimum atomic E-state index is -0.112. The number of aromatic nitrogens is 2. The van der Waals surface area contributed by atoms with Crippen LogP contribution in [-0.4, -0.2) is 41.7 Å². The molecule has 0 saturated heterocycles. The van der Waals surface area contributed by atoms with Gasteiger partial charge < -0.3 is 23.9 Å². The van der Waals surface area contributed by atoms with Crippen molar-refractivity contribution in [3.8, 4) is 28.7 Å². The van der Waals surface area contributed by atoms with Crippen molar-refractivity contribution in [3.05, 3.63) is 47.5 Å². The normalized spacial score (nSPS) is 10.7. The van der Waals surface area contributed by atoms with Gasteiger partial charge in [-0.05, 0) is 45.4 Å². The van der Waals surface area contributed by atoms with Gasteiger partial charge in [0.15, 0.2) is 11.5 Å². The molecule has 1 N–H and O–H groups in total. The highest BCUT2D eigenvalue weighted by Crippen LogP contribution is 2.42. The number of rotatable bonds is 12. The molecule has 8 nitrogen and oxygen atoms in total. The van der Waals surface area contributed by atoms with Crippen LogP contribution in [0.2, 0.25) is 0 Å². The molecule has 9 heteroatoms. The Morgan fingerprint density at radius 2 is 1.61 bits per heavy atom. The van der Waals surface area contributed by atoms with Crippen LogP contribution in [0, 0.1) is 6.92 Å². The van der Waals surface area contributed by atoms with Gasteiger partial charge in [-0.2, -0.15) is 0 Å². The summed E-state index contributed by atoms with van der Waals surface area (Å²) in [5.41, 5.74) is 2.88. The van der Waals surface area contributed by atoms with Crippen LogP contribution in [-0.2, 0) is 11.3 Å². The molecule has 1 amide bonds. The first-order chi connectivity index (χ1) is 16.0. The van der Waals surface area contributed by atoms with Gasteiger partial charge in [-0.1, -0.05) is 41.6 Å². The Hall–Kier alpha value is -3.20. The van der Waals surface area contributed by atoms with Gasteiger partial charge in [-0.15, -0.1) is 10.2 Å². The number of hydrogen-bond acceptors (Lipinski definition) is 8. The van der Waals surface area contributed by atoms with E-state index in [2.05, 4.69) is 15.5 Å². The number of aryl methyl sites for hydroxylation is 1. The molecule has 0 fully saturated rings. The lowest BCUT2D eigenvalue weighted by Crippen LogP contribution is -2.24. The molecule has 0 bridgehead atoms. The number of ether oxygens (including phenoxy) is 3. The zero-order chi connectivity index (χ0) is 23.6. The highest BCUT2D eigenvalue weighted by Gasteiger charge is 2.19. The highest BCUT2D eigenvalue weighted by atomic mass is 32.2. The SMILES string of the molecule is CCOc1cc(-c2nnc(SCC(=O)NCc3ccc(C)cc3)o2)cc(OCC)c1OCC. The van der Waals surface area contributed by atoms with E-state index in [4.69, 9.17) is 18.6 Å². The van der Waals surface area contributed by atoms with Crippen molar-refractivity contribution >= 4 is 17.7 Å². The molecule has 3 rings (SSSR count). The molecule has 0 aliphatic carbocycles. The predicted molar refractivity (Wildman–Crippen MR) is 127 cm³/mol. The van der Waals surface area contributed by atoms with Crippen molar-refractivity contribution in [3.63, 3.8) is 0 Å². The second-order valence-corrected chi connectivity index (χ2v) is 7.95. The van der Waals surface area contributed by atoms with Gasteiger partial charge in [0.05, 0.1) is 25.6 Å². The Morgan fingerprint density at radius 1 is 0.970 bits per heavy atom. The van der Waals surface area contributed by atoms with Crippen LogP contribution in [0.1, 0.15) is 31.9 Å². The molecule has 0 aliphatic heterocycles. The summed E-state index contributed by atoms with van der Waals surface area (Å²) in [6.45, 7) is 9.61. The van der Waals surface area contributed by atoms with E-state index in [-0.39, 0.29) is 11.7 Å². The smallest absolute Gasteiger partial charge is 0.277 e. The van der Waals surface area contributed by atoms with Crippen molar-refractivity contribution in [1.82, 2.24) is 15.5 Å². The number of carbonyl (C=O) groups is 1. The average molecular weight is 472 g/mol. The van der Waals surface area contributed by atoms with Crippen LogP contribution in [0.25, 0.3) is 11.5 Å². The van der Waals surface area contributed by atoms with Crippen LogP contribution in [0.15, 0.2) is 46.0 Å². The Balaban J connectivity index is 1.66. The molecule has 0 aliphatic rings. The Labute approximate surface area is 198 Å². The molecule has 33 heavy (non-hydrogen) atoms. The third-order valence-electron chi connectivity index (χ3n) is 4.50. The van der Waals surface area contributed by atoms with Gasteiger partial charge in [-0.25, -0.2) is 0 Å². The first-order valence-electron chi connectivity index (χ1n) is 10.9. The molecule has 3 aromatic rings. The van der Waals surface area contributed by atoms with Gasteiger partial charge in [0.1, 0.15) is 0 Å². The first-order valence-corrected chi connectivity index (χ1v) is 11.9. The van der Waals surface area contributed by atoms with Crippen LogP contribution in [0.4, 0.5) is 0 Å². The van der Waals surface area contributed by atoms with Gasteiger partial charge in [0.2, 0.25) is 17.5 Å². The fourth-order valence-electron chi connectivity index (χ4n) is 2.98. The fraction of sp³-hybridized carbons (Fsp3) is 0.375. The van der Waals surface area contributed by atoms with Crippen molar-refractivity contribution < 1.29 is 23.4 Å². The summed E-state index contributed by atoms with van der Waals surface area (Å²) >= 11 is 1.18. The van der Waals surface area contributed by atoms with E-state index in [9.17, 15) is 4.79 Å². The summed E-state index contributed by atoms with van der Waals surface area (Å²) in [7, 11) is 0. The van der Waals surface area contributed by atoms with E-state index in [1.54, 1.807) is 12.1 Å². The highest BCUT2D eigenvalue weighted by molar-refractivity contribution is 7.99. The number of nitrogens with zero attached hydrogens (tertiary/aromatic N) is 2. The molecule has 0 spiro atoms. The van der Waals surface area contributed by atoms with Crippen molar-refractivity contribution in [2.24, 2.45) is 0 Å². The molecule has 176 valence electrons. The average Bonchev–Trinajstić information content (AvgIpc) is 3.29. The number of amides is 1. The van der Waals surface area contributed by atoms with Gasteiger partial charge in [0.25, 0.3) is 5.22 Å². The molecule has 0 saturated carbocycles. The lowest BCUT2D eigenvalue weighted by Gasteiger charge is -2.16. The summed E-state index contributed by atoms with van der Waals surface area (Å²) in [5.74, 6) is 2.00. The zero-order valence-corrected chi connectivity index (χ0v) is 20.2. The summed E-state index contributed by atoms with van der Waals surface area (Å²) in [4.78, 5) is 12.2. The van der Waals surface area contributed by atoms with E-state index in [1.165, 1.54) is 17.3 Å². The predicted octanol–water partition coefficient (Wildman–Crippen LogP) is 4.65. The van der Waals surface area contributed by atoms with Gasteiger partial charge in [0, 0.05) is 12.1 Å². The van der Waals surface area contributed by atoms with E-state index < -0.39 is 0 Å². The zero-order valence-electron chi connectivity index (χ0n) is 19.3. The Bertz CT molecular complexity index is 1030. The molecule has 1 aromatic heterocycles. The maximum atomic E-state index is 12.2. The Kier molecular flexibility index (Phi) is 9.00. The van der Waals surface area contributed by atoms with Crippen LogP contribution in [0.5, 0.6) is 17.2 Å². The fourth-order valence-corrected chi connectivity index (χ4v) is 3.57. The van der Waals surface area contributed by atoms with Crippen molar-refractivity contribution in [1.29, 1.82) is 0 Å². The molecule has 0 radical (unpaired) electrons. The van der Waals surface area contributed by atoms with E-state index in [0.717, 1.165) is 5.56 Å². The third-order valence-corrected chi connectivity index (χ3v) is 5.32. The number of nitrogens with one attached hydrogen (secondary N) is 1. The lowest BCUT2D eigenvalue weighted by molar-refractivity contribution is -0.118. The van der Waals surface area contributed by atoms with Gasteiger partial charge in [-0.3, -0.25) is 4.79 Å². The second-order valence-electron chi connectivity index (χ2n) is 7.02. The standard InChI is InChI=1S/C24H29N3O5S/c1-5-29-19-12-18(13-20(30-6-2)22(19)31-7-3)23-26-27-24(32-23)33-15-21(28)25-14-17-10-8-16(4)9-11-17/h8-13H,5-7,14-15H2,1-4H3,(H,25,28). The molecule has 0 atom stereocenters. The molecule has 1 heterocycles. The summed E-state index contributed by atoms with van der Waals surface area (Å²) in [6.07, 6.45) is 0. The summed E-state index contributed by atoms with van der Waals surface area (Å²) in [5, 5.41) is 11.4. The van der Waals surface area contributed by atoms with Gasteiger partial charge >= 0.3 is 0 Å². The van der Waals surface area contributed by atoms with E-state index in [0.29, 0.717) is 60.3 Å². The molecular formula is C24H29N3O5S. The van der Waals surface area contributed by atoms with E-state index in [1.807, 2.05) is 52.0 Å². The number of thioether (sulfide) groups is 1. The largest absolute Gasteiger partial charge is 0.490 e. The minimum Gasteiger partial charge on any atom is -0.490 e. The molecule has 0 unspecified atom stereocenters. The Morgan fingerprint density at radius 3 is 2.21 bits per heavy atom. The van der Waals surface area contributed by atoms with Crippen LogP contribution >= 0.6 is 11.8 Å².